The van der Waals surface area contributed by atoms with E-state index in [0.717, 1.165) is 22.1 Å². The highest BCUT2D eigenvalue weighted by molar-refractivity contribution is 6.06. The molecule has 0 fully saturated rings. The number of carbonyl (C=O) groups excluding carboxylic acids is 1. The van der Waals surface area contributed by atoms with Gasteiger partial charge in [-0.15, -0.1) is 0 Å². The molecule has 3 aromatic heterocycles. The number of hydroxylamine groups is 2. The van der Waals surface area contributed by atoms with Gasteiger partial charge in [-0.05, 0) is 32.9 Å². The van der Waals surface area contributed by atoms with E-state index in [1.807, 2.05) is 19.9 Å². The Labute approximate surface area is 132 Å². The van der Waals surface area contributed by atoms with Crippen molar-refractivity contribution in [3.8, 4) is 11.3 Å². The maximum Gasteiger partial charge on any atom is 0.278 e. The van der Waals surface area contributed by atoms with Crippen LogP contribution in [0.1, 0.15) is 27.6 Å². The molecule has 0 saturated heterocycles. The number of fused-ring (bicyclic) bond motifs is 1. The number of hydrogen-bond donors (Lipinski definition) is 0. The minimum absolute atomic E-state index is 0.301. The van der Waals surface area contributed by atoms with Crippen molar-refractivity contribution < 1.29 is 18.6 Å². The van der Waals surface area contributed by atoms with E-state index < -0.39 is 0 Å². The first kappa shape index (κ1) is 15.2. The predicted molar refractivity (Wildman–Crippen MR) is 82.8 cm³/mol. The molecule has 0 radical (unpaired) electrons. The Bertz CT molecular complexity index is 894. The van der Waals surface area contributed by atoms with Crippen molar-refractivity contribution in [3.05, 3.63) is 34.9 Å². The van der Waals surface area contributed by atoms with Gasteiger partial charge < -0.3 is 8.94 Å². The zero-order valence-electron chi connectivity index (χ0n) is 13.6. The number of aryl methyl sites for hydroxylation is 3. The summed E-state index contributed by atoms with van der Waals surface area (Å²) in [7, 11) is 2.98. The topological polar surface area (TPSA) is 81.6 Å². The van der Waals surface area contributed by atoms with Crippen LogP contribution >= 0.6 is 0 Å². The van der Waals surface area contributed by atoms with Crippen molar-refractivity contribution in [1.82, 2.24) is 15.2 Å². The van der Waals surface area contributed by atoms with E-state index in [1.54, 1.807) is 20.0 Å². The highest BCUT2D eigenvalue weighted by atomic mass is 16.7. The molecule has 3 aromatic rings. The van der Waals surface area contributed by atoms with E-state index in [-0.39, 0.29) is 5.91 Å². The fraction of sp³-hybridized carbons (Fsp3) is 0.312. The average molecular weight is 315 g/mol. The van der Waals surface area contributed by atoms with Crippen LogP contribution in [0.5, 0.6) is 0 Å². The fourth-order valence-electron chi connectivity index (χ4n) is 2.54. The highest BCUT2D eigenvalue weighted by Crippen LogP contribution is 2.30. The van der Waals surface area contributed by atoms with Crippen molar-refractivity contribution in [1.29, 1.82) is 0 Å². The van der Waals surface area contributed by atoms with Gasteiger partial charge in [-0.1, -0.05) is 5.16 Å². The Balaban J connectivity index is 2.26. The number of furan rings is 1. The molecule has 0 aromatic carbocycles. The van der Waals surface area contributed by atoms with Gasteiger partial charge in [0, 0.05) is 12.6 Å². The molecular formula is C16H17N3O4. The van der Waals surface area contributed by atoms with Crippen LogP contribution in [0.2, 0.25) is 0 Å². The molecule has 7 heteroatoms. The normalized spacial score (nSPS) is 11.2. The summed E-state index contributed by atoms with van der Waals surface area (Å²) in [6, 6.07) is 3.59. The van der Waals surface area contributed by atoms with Gasteiger partial charge in [-0.2, -0.15) is 0 Å². The zero-order chi connectivity index (χ0) is 16.7. The third-order valence-electron chi connectivity index (χ3n) is 3.72. The Hall–Kier alpha value is -2.67. The number of rotatable bonds is 3. The van der Waals surface area contributed by atoms with Gasteiger partial charge in [0.25, 0.3) is 11.6 Å². The molecule has 23 heavy (non-hydrogen) atoms. The van der Waals surface area contributed by atoms with Crippen LogP contribution in [0.3, 0.4) is 0 Å². The van der Waals surface area contributed by atoms with E-state index in [9.17, 15) is 4.79 Å². The smallest absolute Gasteiger partial charge is 0.278 e. The quantitative estimate of drug-likeness (QED) is 0.691. The van der Waals surface area contributed by atoms with E-state index >= 15 is 0 Å². The number of carbonyl (C=O) groups is 1. The third kappa shape index (κ3) is 2.49. The maximum atomic E-state index is 12.6. The minimum Gasteiger partial charge on any atom is -0.466 e. The molecule has 0 bridgehead atoms. The van der Waals surface area contributed by atoms with Crippen molar-refractivity contribution in [2.45, 2.75) is 20.8 Å². The lowest BCUT2D eigenvalue weighted by molar-refractivity contribution is -0.0755. The second kappa shape index (κ2) is 5.51. The number of pyridine rings is 1. The molecule has 0 spiro atoms. The maximum absolute atomic E-state index is 12.6. The molecule has 0 unspecified atom stereocenters. The Morgan fingerprint density at radius 3 is 2.61 bits per heavy atom. The van der Waals surface area contributed by atoms with Crippen LogP contribution in [0.15, 0.2) is 21.1 Å². The molecule has 0 aliphatic rings. The molecule has 0 aliphatic heterocycles. The van der Waals surface area contributed by atoms with Gasteiger partial charge >= 0.3 is 0 Å². The Kier molecular flexibility index (Phi) is 3.65. The largest absolute Gasteiger partial charge is 0.466 e. The molecule has 0 atom stereocenters. The number of aromatic nitrogens is 2. The van der Waals surface area contributed by atoms with Crippen LogP contribution in [0.25, 0.3) is 22.4 Å². The van der Waals surface area contributed by atoms with Gasteiger partial charge in [-0.3, -0.25) is 9.63 Å². The van der Waals surface area contributed by atoms with Crippen molar-refractivity contribution >= 4 is 17.0 Å². The summed E-state index contributed by atoms with van der Waals surface area (Å²) >= 11 is 0. The first-order valence-electron chi connectivity index (χ1n) is 7.09. The summed E-state index contributed by atoms with van der Waals surface area (Å²) in [4.78, 5) is 22.1. The van der Waals surface area contributed by atoms with E-state index in [1.165, 1.54) is 7.11 Å². The van der Waals surface area contributed by atoms with Crippen molar-refractivity contribution in [3.63, 3.8) is 0 Å². The van der Waals surface area contributed by atoms with Gasteiger partial charge in [0.1, 0.15) is 11.5 Å². The van der Waals surface area contributed by atoms with Gasteiger partial charge in [0.2, 0.25) is 0 Å². The predicted octanol–water partition coefficient (Wildman–Crippen LogP) is 3.04. The van der Waals surface area contributed by atoms with Crippen molar-refractivity contribution in [2.75, 3.05) is 14.2 Å². The van der Waals surface area contributed by atoms with E-state index in [2.05, 4.69) is 10.1 Å². The average Bonchev–Trinajstić information content (AvgIpc) is 3.07. The third-order valence-corrected chi connectivity index (χ3v) is 3.72. The second-order valence-corrected chi connectivity index (χ2v) is 5.32. The zero-order valence-corrected chi connectivity index (χ0v) is 13.6. The molecular weight excluding hydrogens is 298 g/mol. The summed E-state index contributed by atoms with van der Waals surface area (Å²) in [5.74, 6) is 1.20. The van der Waals surface area contributed by atoms with Crippen LogP contribution < -0.4 is 0 Å². The molecule has 120 valence electrons. The second-order valence-electron chi connectivity index (χ2n) is 5.32. The van der Waals surface area contributed by atoms with Crippen molar-refractivity contribution in [2.24, 2.45) is 0 Å². The molecule has 3 heterocycles. The van der Waals surface area contributed by atoms with Crippen LogP contribution in [-0.4, -0.2) is 35.3 Å². The lowest BCUT2D eigenvalue weighted by Gasteiger charge is -2.14. The molecule has 1 amide bonds. The first-order chi connectivity index (χ1) is 10.9. The lowest BCUT2D eigenvalue weighted by Crippen LogP contribution is -2.25. The SMILES string of the molecule is CON(C)C(=O)c1cc(-c2cc(C)oc2C)nc2onc(C)c12. The summed E-state index contributed by atoms with van der Waals surface area (Å²) in [5, 5.41) is 5.65. The molecule has 0 aliphatic carbocycles. The van der Waals surface area contributed by atoms with E-state index in [4.69, 9.17) is 13.8 Å². The van der Waals surface area contributed by atoms with Crippen LogP contribution in [-0.2, 0) is 4.84 Å². The standard InChI is InChI=1S/C16H17N3O4/c1-8-6-11(10(3)22-8)13-7-12(16(20)19(4)21-5)14-9(2)18-23-15(14)17-13/h6-7H,1-5H3. The van der Waals surface area contributed by atoms with E-state index in [0.29, 0.717) is 28.1 Å². The minimum atomic E-state index is -0.301. The highest BCUT2D eigenvalue weighted by Gasteiger charge is 2.23. The Morgan fingerprint density at radius 1 is 1.26 bits per heavy atom. The Morgan fingerprint density at radius 2 is 2.00 bits per heavy atom. The fourth-order valence-corrected chi connectivity index (χ4v) is 2.54. The number of amides is 1. The van der Waals surface area contributed by atoms with Gasteiger partial charge in [0.15, 0.2) is 0 Å². The summed E-state index contributed by atoms with van der Waals surface area (Å²) in [5.41, 5.74) is 2.74. The first-order valence-corrected chi connectivity index (χ1v) is 7.09. The molecule has 0 saturated carbocycles. The molecule has 7 nitrogen and oxygen atoms in total. The summed E-state index contributed by atoms with van der Waals surface area (Å²) in [6.45, 7) is 5.48. The van der Waals surface area contributed by atoms with Crippen LogP contribution in [0, 0.1) is 20.8 Å². The monoisotopic (exact) mass is 315 g/mol. The van der Waals surface area contributed by atoms with Crippen LogP contribution in [0.4, 0.5) is 0 Å². The number of nitrogens with zero attached hydrogens (tertiary/aromatic N) is 3. The number of hydrogen-bond acceptors (Lipinski definition) is 6. The molecule has 0 N–H and O–H groups in total. The summed E-state index contributed by atoms with van der Waals surface area (Å²) < 4.78 is 10.8. The van der Waals surface area contributed by atoms with Gasteiger partial charge in [0.05, 0.1) is 29.4 Å². The summed E-state index contributed by atoms with van der Waals surface area (Å²) in [6.07, 6.45) is 0. The molecule has 3 rings (SSSR count). The lowest BCUT2D eigenvalue weighted by atomic mass is 10.1. The van der Waals surface area contributed by atoms with Gasteiger partial charge in [-0.25, -0.2) is 10.0 Å².